The summed E-state index contributed by atoms with van der Waals surface area (Å²) >= 11 is 0. The molecule has 0 heterocycles. The summed E-state index contributed by atoms with van der Waals surface area (Å²) in [6.07, 6.45) is -1.09. The zero-order valence-corrected chi connectivity index (χ0v) is 18.6. The molecule has 182 valence electrons. The molecule has 0 aliphatic heterocycles. The van der Waals surface area contributed by atoms with E-state index in [-0.39, 0.29) is 12.3 Å². The maximum Gasteiger partial charge on any atom is 0.326 e. The molecule has 0 aromatic heterocycles. The molecule has 0 spiro atoms. The predicted octanol–water partition coefficient (Wildman–Crippen LogP) is -2.10. The van der Waals surface area contributed by atoms with Gasteiger partial charge >= 0.3 is 11.9 Å². The molecule has 9 N–H and O–H groups in total. The Kier molecular flexibility index (Phi) is 11.9. The fraction of sp³-hybridized carbons (Fsp3) is 0.684. The molecule has 0 rings (SSSR count). The molecule has 13 heteroatoms. The number of rotatable bonds is 14. The Morgan fingerprint density at radius 1 is 0.781 bits per heavy atom. The van der Waals surface area contributed by atoms with E-state index >= 15 is 0 Å². The van der Waals surface area contributed by atoms with Crippen LogP contribution >= 0.6 is 0 Å². The third-order valence-electron chi connectivity index (χ3n) is 4.34. The molecular formula is C19H33N5O8. The number of carboxylic acid groups (broad SMARTS) is 2. The van der Waals surface area contributed by atoms with Gasteiger partial charge < -0.3 is 37.6 Å². The van der Waals surface area contributed by atoms with Crippen LogP contribution in [0, 0.1) is 11.8 Å². The zero-order chi connectivity index (χ0) is 25.2. The summed E-state index contributed by atoms with van der Waals surface area (Å²) in [6, 6.07) is -5.24. The Bertz CT molecular complexity index is 725. The summed E-state index contributed by atoms with van der Waals surface area (Å²) in [5.74, 6) is -6.64. The third kappa shape index (κ3) is 10.7. The van der Waals surface area contributed by atoms with Gasteiger partial charge in [0.1, 0.15) is 18.1 Å². The second kappa shape index (κ2) is 13.2. The quantitative estimate of drug-likeness (QED) is 0.151. The van der Waals surface area contributed by atoms with E-state index in [9.17, 15) is 28.8 Å². The number of hydrogen-bond acceptors (Lipinski definition) is 7. The molecule has 4 atom stereocenters. The average molecular weight is 460 g/mol. The number of nitrogens with two attached hydrogens (primary N) is 2. The highest BCUT2D eigenvalue weighted by Gasteiger charge is 2.32. The highest BCUT2D eigenvalue weighted by atomic mass is 16.4. The van der Waals surface area contributed by atoms with Crippen LogP contribution in [0.5, 0.6) is 0 Å². The highest BCUT2D eigenvalue weighted by molar-refractivity contribution is 5.95. The lowest BCUT2D eigenvalue weighted by Crippen LogP contribution is -2.59. The molecule has 0 aromatic carbocycles. The largest absolute Gasteiger partial charge is 0.481 e. The van der Waals surface area contributed by atoms with Gasteiger partial charge in [-0.05, 0) is 18.3 Å². The number of aliphatic carboxylic acids is 2. The van der Waals surface area contributed by atoms with Crippen molar-refractivity contribution in [1.82, 2.24) is 16.0 Å². The van der Waals surface area contributed by atoms with E-state index in [0.29, 0.717) is 0 Å². The summed E-state index contributed by atoms with van der Waals surface area (Å²) in [6.45, 7) is 6.79. The molecule has 32 heavy (non-hydrogen) atoms. The van der Waals surface area contributed by atoms with Gasteiger partial charge in [0.15, 0.2) is 0 Å². The fourth-order valence-corrected chi connectivity index (χ4v) is 2.71. The second-order valence-corrected chi connectivity index (χ2v) is 8.20. The topological polar surface area (TPSA) is 231 Å². The van der Waals surface area contributed by atoms with Crippen LogP contribution in [0.3, 0.4) is 0 Å². The summed E-state index contributed by atoms with van der Waals surface area (Å²) in [4.78, 5) is 70.7. The smallest absolute Gasteiger partial charge is 0.326 e. The molecule has 13 nitrogen and oxygen atoms in total. The standard InChI is InChI=1S/C19H33N5O8/c1-8(2)5-11(22-16(28)10(20)6-14(26)27)17(29)24-15(9(3)4)18(30)23-12(19(31)32)7-13(21)25/h8-12,15H,5-7,20H2,1-4H3,(H2,21,25)(H,22,28)(H,23,30)(H,24,29)(H,26,27)(H,31,32). The minimum absolute atomic E-state index is 0.0555. The van der Waals surface area contributed by atoms with E-state index in [1.807, 2.05) is 0 Å². The number of amides is 4. The molecule has 0 aromatic rings. The molecule has 0 bridgehead atoms. The van der Waals surface area contributed by atoms with Crippen molar-refractivity contribution in [3.63, 3.8) is 0 Å². The van der Waals surface area contributed by atoms with Crippen molar-refractivity contribution < 1.29 is 39.0 Å². The van der Waals surface area contributed by atoms with Crippen molar-refractivity contribution in [2.24, 2.45) is 23.3 Å². The first-order valence-corrected chi connectivity index (χ1v) is 10.0. The van der Waals surface area contributed by atoms with Crippen molar-refractivity contribution in [3.05, 3.63) is 0 Å². The molecule has 0 aliphatic rings. The van der Waals surface area contributed by atoms with Gasteiger partial charge in [0.2, 0.25) is 23.6 Å². The van der Waals surface area contributed by atoms with Crippen LogP contribution in [0.2, 0.25) is 0 Å². The first-order valence-electron chi connectivity index (χ1n) is 10.0. The van der Waals surface area contributed by atoms with Crippen LogP contribution < -0.4 is 27.4 Å². The van der Waals surface area contributed by atoms with Gasteiger partial charge in [-0.3, -0.25) is 24.0 Å². The van der Waals surface area contributed by atoms with E-state index in [2.05, 4.69) is 16.0 Å². The Morgan fingerprint density at radius 3 is 1.72 bits per heavy atom. The molecule has 0 saturated carbocycles. The highest BCUT2D eigenvalue weighted by Crippen LogP contribution is 2.09. The number of carboxylic acids is 2. The van der Waals surface area contributed by atoms with Gasteiger partial charge in [-0.25, -0.2) is 4.79 Å². The molecule has 0 aliphatic carbocycles. The molecule has 0 radical (unpaired) electrons. The van der Waals surface area contributed by atoms with Crippen LogP contribution in [0.1, 0.15) is 47.0 Å². The lowest BCUT2D eigenvalue weighted by atomic mass is 9.99. The Balaban J connectivity index is 5.45. The number of hydrogen-bond donors (Lipinski definition) is 7. The number of carbonyl (C=O) groups excluding carboxylic acids is 4. The van der Waals surface area contributed by atoms with Crippen molar-refractivity contribution in [2.75, 3.05) is 0 Å². The lowest BCUT2D eigenvalue weighted by molar-refractivity contribution is -0.144. The van der Waals surface area contributed by atoms with Gasteiger partial charge in [-0.1, -0.05) is 27.7 Å². The average Bonchev–Trinajstić information content (AvgIpc) is 2.62. The number of primary amides is 1. The van der Waals surface area contributed by atoms with Crippen molar-refractivity contribution in [2.45, 2.75) is 71.1 Å². The molecule has 4 amide bonds. The SMILES string of the molecule is CC(C)CC(NC(=O)C(N)CC(=O)O)C(=O)NC(C(=O)NC(CC(N)=O)C(=O)O)C(C)C. The van der Waals surface area contributed by atoms with E-state index in [0.717, 1.165) is 0 Å². The first-order chi connectivity index (χ1) is 14.6. The molecular weight excluding hydrogens is 426 g/mol. The van der Waals surface area contributed by atoms with E-state index in [1.54, 1.807) is 27.7 Å². The molecule has 0 fully saturated rings. The summed E-state index contributed by atoms with van der Waals surface area (Å²) < 4.78 is 0. The predicted molar refractivity (Wildman–Crippen MR) is 112 cm³/mol. The van der Waals surface area contributed by atoms with Crippen LogP contribution in [0.15, 0.2) is 0 Å². The summed E-state index contributed by atoms with van der Waals surface area (Å²) in [5.41, 5.74) is 10.5. The molecule has 4 unspecified atom stereocenters. The van der Waals surface area contributed by atoms with Crippen molar-refractivity contribution in [3.8, 4) is 0 Å². The Morgan fingerprint density at radius 2 is 1.31 bits per heavy atom. The zero-order valence-electron chi connectivity index (χ0n) is 18.6. The van der Waals surface area contributed by atoms with Crippen LogP contribution in [-0.4, -0.2) is 69.9 Å². The normalized spacial score (nSPS) is 14.7. The van der Waals surface area contributed by atoms with Gasteiger partial charge in [0.05, 0.1) is 18.9 Å². The van der Waals surface area contributed by atoms with Gasteiger partial charge in [0, 0.05) is 0 Å². The number of nitrogens with one attached hydrogen (secondary N) is 3. The minimum atomic E-state index is -1.57. The van der Waals surface area contributed by atoms with Gasteiger partial charge in [-0.15, -0.1) is 0 Å². The first kappa shape index (κ1) is 28.8. The molecule has 0 saturated heterocycles. The fourth-order valence-electron chi connectivity index (χ4n) is 2.71. The van der Waals surface area contributed by atoms with E-state index < -0.39 is 78.5 Å². The van der Waals surface area contributed by atoms with Gasteiger partial charge in [0.25, 0.3) is 0 Å². The Hall–Kier alpha value is -3.22. The van der Waals surface area contributed by atoms with Gasteiger partial charge in [-0.2, -0.15) is 0 Å². The Labute approximate surface area is 185 Å². The number of carbonyl (C=O) groups is 6. The van der Waals surface area contributed by atoms with E-state index in [4.69, 9.17) is 21.7 Å². The second-order valence-electron chi connectivity index (χ2n) is 8.20. The maximum absolute atomic E-state index is 12.8. The van der Waals surface area contributed by atoms with Crippen molar-refractivity contribution in [1.29, 1.82) is 0 Å². The summed E-state index contributed by atoms with van der Waals surface area (Å²) in [5, 5.41) is 25.0. The summed E-state index contributed by atoms with van der Waals surface area (Å²) in [7, 11) is 0. The van der Waals surface area contributed by atoms with Crippen molar-refractivity contribution >= 4 is 35.6 Å². The van der Waals surface area contributed by atoms with E-state index in [1.165, 1.54) is 0 Å². The van der Waals surface area contributed by atoms with Crippen LogP contribution in [-0.2, 0) is 28.8 Å². The monoisotopic (exact) mass is 459 g/mol. The minimum Gasteiger partial charge on any atom is -0.481 e. The van der Waals surface area contributed by atoms with Crippen LogP contribution in [0.4, 0.5) is 0 Å². The lowest BCUT2D eigenvalue weighted by Gasteiger charge is -2.27. The maximum atomic E-state index is 12.8. The third-order valence-corrected chi connectivity index (χ3v) is 4.34. The van der Waals surface area contributed by atoms with Crippen LogP contribution in [0.25, 0.3) is 0 Å².